The molecule has 0 N–H and O–H groups in total. The van der Waals surface area contributed by atoms with Crippen molar-refractivity contribution in [1.29, 1.82) is 0 Å². The highest BCUT2D eigenvalue weighted by atomic mass is 16.3. The topological polar surface area (TPSA) is 42.6 Å². The molecule has 0 amide bonds. The molecule has 0 radical (unpaired) electrons. The highest BCUT2D eigenvalue weighted by molar-refractivity contribution is 7.00. The fourth-order valence-corrected chi connectivity index (χ4v) is 22.9. The minimum absolute atomic E-state index is 0.109. The van der Waals surface area contributed by atoms with Gasteiger partial charge in [0.25, 0.3) is 6.71 Å². The third-order valence-corrected chi connectivity index (χ3v) is 30.6. The summed E-state index contributed by atoms with van der Waals surface area (Å²) in [5.41, 5.74) is 43.3. The minimum atomic E-state index is -0.365. The normalized spacial score (nSPS) is 13.2. The summed E-state index contributed by atoms with van der Waals surface area (Å²) in [5.74, 6) is 0. The number of hydrogen-bond acceptors (Lipinski definition) is 4. The van der Waals surface area contributed by atoms with Crippen LogP contribution < -0.4 is 26.2 Å². The summed E-state index contributed by atoms with van der Waals surface area (Å²) in [7, 11) is 0. The number of anilines is 5. The molecule has 7 heteroatoms. The standard InChI is InChI=1S/C134H119BN4O2/c1-129(2,3)90-54-61-113-107(71-90)108-72-91(130(4,5)6)55-62-114(108)137(113)96-58-59-111-118(79-96)139(128-103(84-41-27-21-28-42-84)75-94(133(13,14)15)76-104(128)85-43-29-22-30-44-85)120-81-97(138-115-63-56-92(131(7,8)9)73-109(115)110-74-93(132(10,11)12)57-64-116(110)138)80-119-127(120)135(111)112-70-86(89-68-87(82-37-23-19-24-38-82)67-88(69-89)83-39-25-20-26-40-83)53-60-117(112)136(119)66-65-98-105(99-47-35-51-123-125(99)101-45-31-33-49-121(101)140-123)77-95(134(16,17)18)78-106(98)100-48-36-52-124-126(100)102-46-32-34-50-122(102)141-124/h19-64,67-81H,65-66H2,1-18H3. The zero-order chi connectivity index (χ0) is 97.0. The van der Waals surface area contributed by atoms with Crippen LogP contribution in [0.4, 0.5) is 28.4 Å². The van der Waals surface area contributed by atoms with E-state index in [0.29, 0.717) is 13.0 Å². The summed E-state index contributed by atoms with van der Waals surface area (Å²) in [6.07, 6.45) is 0.597. The van der Waals surface area contributed by atoms with Crippen LogP contribution in [0.3, 0.4) is 0 Å². The fraction of sp³-hybridized carbons (Fsp3) is 0.194. The van der Waals surface area contributed by atoms with E-state index in [1.807, 2.05) is 0 Å². The summed E-state index contributed by atoms with van der Waals surface area (Å²) in [6.45, 7) is 42.6. The lowest BCUT2D eigenvalue weighted by Gasteiger charge is -2.45. The molecular formula is C134H119BN4O2. The molecule has 690 valence electrons. The quantitative estimate of drug-likeness (QED) is 0.108. The predicted octanol–water partition coefficient (Wildman–Crippen LogP) is 35.1. The van der Waals surface area contributed by atoms with Crippen LogP contribution in [0, 0.1) is 0 Å². The van der Waals surface area contributed by atoms with E-state index in [9.17, 15) is 0 Å². The lowest BCUT2D eigenvalue weighted by Crippen LogP contribution is -2.62. The molecule has 0 unspecified atom stereocenters. The lowest BCUT2D eigenvalue weighted by molar-refractivity contribution is 0.590. The largest absolute Gasteiger partial charge is 0.456 e. The Balaban J connectivity index is 0.868. The highest BCUT2D eigenvalue weighted by Gasteiger charge is 2.46. The Bertz CT molecular complexity index is 8450. The Morgan fingerprint density at radius 2 is 0.603 bits per heavy atom. The average Bonchev–Trinajstić information content (AvgIpc) is 1.68. The summed E-state index contributed by atoms with van der Waals surface area (Å²) in [5, 5.41) is 9.32. The van der Waals surface area contributed by atoms with Gasteiger partial charge in [-0.05, 0) is 294 Å². The molecule has 0 atom stereocenters. The molecule has 4 aromatic heterocycles. The molecule has 0 bridgehead atoms. The van der Waals surface area contributed by atoms with Gasteiger partial charge >= 0.3 is 0 Å². The van der Waals surface area contributed by atoms with E-state index >= 15 is 0 Å². The van der Waals surface area contributed by atoms with Gasteiger partial charge in [0.15, 0.2) is 0 Å². The van der Waals surface area contributed by atoms with Crippen molar-refractivity contribution < 1.29 is 8.83 Å². The lowest BCUT2D eigenvalue weighted by atomic mass is 9.33. The van der Waals surface area contributed by atoms with E-state index < -0.39 is 0 Å². The molecule has 0 saturated carbocycles. The van der Waals surface area contributed by atoms with Crippen LogP contribution in [0.1, 0.15) is 164 Å². The van der Waals surface area contributed by atoms with E-state index in [-0.39, 0.29) is 39.2 Å². The molecule has 2 aliphatic heterocycles. The van der Waals surface area contributed by atoms with Crippen molar-refractivity contribution in [3.05, 3.63) is 409 Å². The first kappa shape index (κ1) is 88.5. The molecule has 141 heavy (non-hydrogen) atoms. The maximum Gasteiger partial charge on any atom is 0.252 e. The maximum atomic E-state index is 6.98. The van der Waals surface area contributed by atoms with E-state index in [2.05, 4.69) is 514 Å². The molecule has 0 fully saturated rings. The molecule has 0 spiro atoms. The summed E-state index contributed by atoms with van der Waals surface area (Å²) < 4.78 is 19.2. The van der Waals surface area contributed by atoms with Gasteiger partial charge in [0.2, 0.25) is 0 Å². The van der Waals surface area contributed by atoms with Gasteiger partial charge in [-0.2, -0.15) is 0 Å². The van der Waals surface area contributed by atoms with Gasteiger partial charge < -0.3 is 27.8 Å². The fourth-order valence-electron chi connectivity index (χ4n) is 22.9. The second-order valence-corrected chi connectivity index (χ2v) is 46.0. The molecule has 2 aliphatic rings. The summed E-state index contributed by atoms with van der Waals surface area (Å²) >= 11 is 0. The number of benzene rings is 18. The van der Waals surface area contributed by atoms with Crippen molar-refractivity contribution in [1.82, 2.24) is 9.13 Å². The molecule has 6 heterocycles. The van der Waals surface area contributed by atoms with Gasteiger partial charge in [0.1, 0.15) is 22.3 Å². The van der Waals surface area contributed by atoms with Gasteiger partial charge in [0.05, 0.1) is 33.4 Å². The van der Waals surface area contributed by atoms with Crippen molar-refractivity contribution in [3.8, 4) is 89.3 Å². The van der Waals surface area contributed by atoms with E-state index in [1.54, 1.807) is 0 Å². The Hall–Kier alpha value is -15.2. The van der Waals surface area contributed by atoms with E-state index in [1.165, 1.54) is 88.0 Å². The van der Waals surface area contributed by atoms with Gasteiger partial charge in [-0.1, -0.05) is 361 Å². The van der Waals surface area contributed by atoms with Crippen molar-refractivity contribution in [3.63, 3.8) is 0 Å². The molecule has 0 saturated heterocycles. The number of fused-ring (bicyclic) bond motifs is 16. The number of para-hydroxylation sites is 2. The van der Waals surface area contributed by atoms with Crippen molar-refractivity contribution in [2.45, 2.75) is 164 Å². The summed E-state index contributed by atoms with van der Waals surface area (Å²) in [4.78, 5) is 5.58. The predicted molar refractivity (Wildman–Crippen MR) is 603 cm³/mol. The third kappa shape index (κ3) is 15.0. The first-order valence-corrected chi connectivity index (χ1v) is 50.5. The molecule has 6 nitrogen and oxygen atoms in total. The van der Waals surface area contributed by atoms with Crippen LogP contribution in [0.2, 0.25) is 0 Å². The van der Waals surface area contributed by atoms with Crippen LogP contribution >= 0.6 is 0 Å². The zero-order valence-corrected chi connectivity index (χ0v) is 84.3. The Morgan fingerprint density at radius 3 is 1.03 bits per heavy atom. The van der Waals surface area contributed by atoms with Gasteiger partial charge in [-0.15, -0.1) is 0 Å². The van der Waals surface area contributed by atoms with Crippen LogP contribution in [0.25, 0.3) is 177 Å². The van der Waals surface area contributed by atoms with E-state index in [0.717, 1.165) is 173 Å². The van der Waals surface area contributed by atoms with Crippen LogP contribution in [0.15, 0.2) is 379 Å². The third-order valence-electron chi connectivity index (χ3n) is 30.6. The van der Waals surface area contributed by atoms with Crippen molar-refractivity contribution in [2.75, 3.05) is 16.3 Å². The Kier molecular flexibility index (Phi) is 20.5. The number of hydrogen-bond donors (Lipinski definition) is 0. The highest BCUT2D eigenvalue weighted by Crippen LogP contribution is 2.55. The molecule has 18 aromatic carbocycles. The van der Waals surface area contributed by atoms with Gasteiger partial charge in [-0.3, -0.25) is 0 Å². The van der Waals surface area contributed by atoms with Crippen LogP contribution in [-0.2, 0) is 38.9 Å². The average molecular weight is 1830 g/mol. The van der Waals surface area contributed by atoms with Crippen molar-refractivity contribution >= 4 is 139 Å². The zero-order valence-electron chi connectivity index (χ0n) is 84.3. The summed E-state index contributed by atoms with van der Waals surface area (Å²) in [6, 6.07) is 143. The van der Waals surface area contributed by atoms with Gasteiger partial charge in [-0.25, -0.2) is 0 Å². The monoisotopic (exact) mass is 1830 g/mol. The Labute approximate surface area is 829 Å². The first-order valence-electron chi connectivity index (χ1n) is 50.5. The number of furan rings is 2. The maximum absolute atomic E-state index is 6.98. The molecule has 24 rings (SSSR count). The molecule has 22 aromatic rings. The first-order chi connectivity index (χ1) is 67.7. The molecular weight excluding hydrogens is 1710 g/mol. The van der Waals surface area contributed by atoms with Crippen molar-refractivity contribution in [2.24, 2.45) is 0 Å². The second kappa shape index (κ2) is 32.7. The number of nitrogens with zero attached hydrogens (tertiary/aromatic N) is 4. The minimum Gasteiger partial charge on any atom is -0.456 e. The smallest absolute Gasteiger partial charge is 0.252 e. The number of aromatic nitrogens is 2. The SMILES string of the molecule is CC(C)(C)c1cc(-c2cccc3oc4ccccc4c23)c(CCN2c3ccc(-c4cc(-c5ccccc5)cc(-c5ccccc5)c4)cc3B3c4ccc(-n5c6ccc(C(C)(C)C)cc6c6cc(C(C)(C)C)ccc65)cc4N(c4c(-c5ccccc5)cc(C(C)(C)C)cc4-c4ccccc4)c4cc(-n5c6ccc(C(C)(C)C)cc6c6cc(C(C)(C)C)ccc65)cc2c43)c(-c2cccc3oc4ccccc4c23)c1. The molecule has 0 aliphatic carbocycles. The van der Waals surface area contributed by atoms with Crippen LogP contribution in [-0.4, -0.2) is 22.4 Å². The second-order valence-electron chi connectivity index (χ2n) is 46.0. The Morgan fingerprint density at radius 1 is 0.234 bits per heavy atom. The van der Waals surface area contributed by atoms with Crippen LogP contribution in [0.5, 0.6) is 0 Å². The number of rotatable bonds is 13. The van der Waals surface area contributed by atoms with E-state index in [4.69, 9.17) is 8.83 Å². The van der Waals surface area contributed by atoms with Gasteiger partial charge in [0, 0.05) is 89.2 Å².